The van der Waals surface area contributed by atoms with Gasteiger partial charge in [0.2, 0.25) is 0 Å². The van der Waals surface area contributed by atoms with Crippen LogP contribution in [-0.2, 0) is 4.74 Å². The van der Waals surface area contributed by atoms with Crippen LogP contribution in [0.5, 0.6) is 0 Å². The molecule has 2 N–H and O–H groups in total. The molecule has 0 atom stereocenters. The van der Waals surface area contributed by atoms with Gasteiger partial charge in [0.1, 0.15) is 10.7 Å². The lowest BCUT2D eigenvalue weighted by molar-refractivity contribution is 0.0846. The molecule has 0 saturated carbocycles. The number of nitrogens with zero attached hydrogens (tertiary/aromatic N) is 2. The third-order valence-corrected chi connectivity index (χ3v) is 5.45. The fourth-order valence-corrected chi connectivity index (χ4v) is 3.77. The standard InChI is InChI=1S/C16H16BrFN4O3S/c1-9-13(26-16(19-9)22-4-6-25-7-5-22)15(24)21-20-14(23)11-8-10(17)2-3-12(11)18/h2-3,8H,4-7H2,1H3,(H,20,23)(H,21,24). The molecule has 7 nitrogen and oxygen atoms in total. The van der Waals surface area contributed by atoms with E-state index in [1.54, 1.807) is 6.92 Å². The summed E-state index contributed by atoms with van der Waals surface area (Å²) in [6.07, 6.45) is 0. The van der Waals surface area contributed by atoms with Gasteiger partial charge in [-0.05, 0) is 25.1 Å². The Kier molecular flexibility index (Phi) is 5.84. The highest BCUT2D eigenvalue weighted by molar-refractivity contribution is 9.10. The summed E-state index contributed by atoms with van der Waals surface area (Å²) in [5.74, 6) is -1.92. The van der Waals surface area contributed by atoms with Crippen molar-refractivity contribution in [3.8, 4) is 0 Å². The number of hydrogen-bond acceptors (Lipinski definition) is 6. The second kappa shape index (κ2) is 8.11. The van der Waals surface area contributed by atoms with Crippen molar-refractivity contribution in [3.05, 3.63) is 44.6 Å². The Labute approximate surface area is 161 Å². The molecule has 1 aliphatic heterocycles. The molecule has 0 bridgehead atoms. The van der Waals surface area contributed by atoms with Crippen LogP contribution in [0.3, 0.4) is 0 Å². The first-order valence-corrected chi connectivity index (χ1v) is 9.42. The van der Waals surface area contributed by atoms with Crippen LogP contribution in [0.4, 0.5) is 9.52 Å². The Morgan fingerprint density at radius 3 is 2.69 bits per heavy atom. The summed E-state index contributed by atoms with van der Waals surface area (Å²) < 4.78 is 19.6. The fourth-order valence-electron chi connectivity index (χ4n) is 2.39. The summed E-state index contributed by atoms with van der Waals surface area (Å²) in [4.78, 5) is 31.3. The van der Waals surface area contributed by atoms with E-state index in [-0.39, 0.29) is 5.56 Å². The van der Waals surface area contributed by atoms with Crippen molar-refractivity contribution in [1.29, 1.82) is 0 Å². The summed E-state index contributed by atoms with van der Waals surface area (Å²) in [5.41, 5.74) is 4.93. The molecule has 1 aromatic heterocycles. The zero-order chi connectivity index (χ0) is 18.7. The van der Waals surface area contributed by atoms with Gasteiger partial charge in [0.05, 0.1) is 24.5 Å². The lowest BCUT2D eigenvalue weighted by Gasteiger charge is -2.25. The average Bonchev–Trinajstić information content (AvgIpc) is 3.04. The molecule has 1 saturated heterocycles. The van der Waals surface area contributed by atoms with E-state index in [1.807, 2.05) is 4.90 Å². The summed E-state index contributed by atoms with van der Waals surface area (Å²) in [6, 6.07) is 3.99. The number of carbonyl (C=O) groups excluding carboxylic acids is 2. The molecule has 1 aromatic carbocycles. The highest BCUT2D eigenvalue weighted by Gasteiger charge is 2.21. The number of benzene rings is 1. The molecule has 2 heterocycles. The molecule has 138 valence electrons. The fraction of sp³-hybridized carbons (Fsp3) is 0.312. The van der Waals surface area contributed by atoms with Crippen LogP contribution >= 0.6 is 27.3 Å². The molecule has 0 radical (unpaired) electrons. The molecule has 1 fully saturated rings. The number of amides is 2. The summed E-state index contributed by atoms with van der Waals surface area (Å²) in [7, 11) is 0. The van der Waals surface area contributed by atoms with Crippen LogP contribution in [0.2, 0.25) is 0 Å². The van der Waals surface area contributed by atoms with E-state index in [4.69, 9.17) is 4.74 Å². The highest BCUT2D eigenvalue weighted by atomic mass is 79.9. The minimum atomic E-state index is -0.743. The monoisotopic (exact) mass is 442 g/mol. The number of anilines is 1. The maximum Gasteiger partial charge on any atom is 0.281 e. The molecule has 3 rings (SSSR count). The van der Waals surface area contributed by atoms with Gasteiger partial charge in [-0.3, -0.25) is 20.4 Å². The smallest absolute Gasteiger partial charge is 0.281 e. The number of rotatable bonds is 3. The first-order valence-electron chi connectivity index (χ1n) is 7.81. The van der Waals surface area contributed by atoms with Gasteiger partial charge < -0.3 is 9.64 Å². The van der Waals surface area contributed by atoms with Crippen molar-refractivity contribution in [2.24, 2.45) is 0 Å². The zero-order valence-electron chi connectivity index (χ0n) is 13.8. The highest BCUT2D eigenvalue weighted by Crippen LogP contribution is 2.26. The molecule has 0 spiro atoms. The molecular weight excluding hydrogens is 427 g/mol. The number of thiazole rings is 1. The maximum atomic E-state index is 13.7. The first kappa shape index (κ1) is 18.7. The van der Waals surface area contributed by atoms with Gasteiger partial charge in [0.15, 0.2) is 5.13 Å². The Morgan fingerprint density at radius 1 is 1.27 bits per heavy atom. The Bertz CT molecular complexity index is 839. The lowest BCUT2D eigenvalue weighted by atomic mass is 10.2. The quantitative estimate of drug-likeness (QED) is 0.712. The number of nitrogens with one attached hydrogen (secondary N) is 2. The maximum absolute atomic E-state index is 13.7. The van der Waals surface area contributed by atoms with Crippen LogP contribution < -0.4 is 15.8 Å². The van der Waals surface area contributed by atoms with Gasteiger partial charge in [-0.1, -0.05) is 27.3 Å². The topological polar surface area (TPSA) is 83.6 Å². The average molecular weight is 443 g/mol. The largest absolute Gasteiger partial charge is 0.378 e. The van der Waals surface area contributed by atoms with Crippen molar-refractivity contribution >= 4 is 44.2 Å². The van der Waals surface area contributed by atoms with Gasteiger partial charge in [-0.25, -0.2) is 9.37 Å². The number of halogens is 2. The van der Waals surface area contributed by atoms with E-state index in [0.29, 0.717) is 41.3 Å². The summed E-state index contributed by atoms with van der Waals surface area (Å²) >= 11 is 4.42. The van der Waals surface area contributed by atoms with E-state index >= 15 is 0 Å². The summed E-state index contributed by atoms with van der Waals surface area (Å²) in [6.45, 7) is 4.40. The van der Waals surface area contributed by atoms with E-state index < -0.39 is 17.6 Å². The second-order valence-corrected chi connectivity index (χ2v) is 7.44. The van der Waals surface area contributed by atoms with E-state index in [1.165, 1.54) is 29.5 Å². The molecule has 26 heavy (non-hydrogen) atoms. The number of ether oxygens (including phenoxy) is 1. The van der Waals surface area contributed by atoms with Gasteiger partial charge in [0, 0.05) is 17.6 Å². The summed E-state index contributed by atoms with van der Waals surface area (Å²) in [5, 5.41) is 0.736. The SMILES string of the molecule is Cc1nc(N2CCOCC2)sc1C(=O)NNC(=O)c1cc(Br)ccc1F. The van der Waals surface area contributed by atoms with E-state index in [2.05, 4.69) is 31.8 Å². The Hall–Kier alpha value is -2.04. The Balaban J connectivity index is 1.65. The lowest BCUT2D eigenvalue weighted by Crippen LogP contribution is -2.41. The zero-order valence-corrected chi connectivity index (χ0v) is 16.2. The van der Waals surface area contributed by atoms with E-state index in [9.17, 15) is 14.0 Å². The van der Waals surface area contributed by atoms with Gasteiger partial charge >= 0.3 is 0 Å². The van der Waals surface area contributed by atoms with Crippen LogP contribution in [0.15, 0.2) is 22.7 Å². The van der Waals surface area contributed by atoms with Crippen molar-refractivity contribution in [2.45, 2.75) is 6.92 Å². The number of hydrazine groups is 1. The van der Waals surface area contributed by atoms with Crippen LogP contribution in [0.1, 0.15) is 25.7 Å². The molecule has 0 aliphatic carbocycles. The van der Waals surface area contributed by atoms with Crippen LogP contribution in [0, 0.1) is 12.7 Å². The van der Waals surface area contributed by atoms with Gasteiger partial charge in [0.25, 0.3) is 11.8 Å². The number of morpholine rings is 1. The second-order valence-electron chi connectivity index (χ2n) is 5.54. The number of aromatic nitrogens is 1. The third-order valence-electron chi connectivity index (χ3n) is 3.74. The van der Waals surface area contributed by atoms with Crippen molar-refractivity contribution in [3.63, 3.8) is 0 Å². The third kappa shape index (κ3) is 4.19. The number of hydrogen-bond donors (Lipinski definition) is 2. The molecule has 2 amide bonds. The predicted octanol–water partition coefficient (Wildman–Crippen LogP) is 2.26. The van der Waals surface area contributed by atoms with Crippen LogP contribution in [-0.4, -0.2) is 43.1 Å². The molecule has 1 aliphatic rings. The van der Waals surface area contributed by atoms with Crippen molar-refractivity contribution in [2.75, 3.05) is 31.2 Å². The van der Waals surface area contributed by atoms with Crippen LogP contribution in [0.25, 0.3) is 0 Å². The molecule has 0 unspecified atom stereocenters. The molecular formula is C16H16BrFN4O3S. The predicted molar refractivity (Wildman–Crippen MR) is 98.9 cm³/mol. The Morgan fingerprint density at radius 2 is 1.96 bits per heavy atom. The molecule has 2 aromatic rings. The minimum absolute atomic E-state index is 0.172. The minimum Gasteiger partial charge on any atom is -0.378 e. The molecule has 10 heteroatoms. The van der Waals surface area contributed by atoms with Gasteiger partial charge in [-0.15, -0.1) is 0 Å². The first-order chi connectivity index (χ1) is 12.5. The normalized spacial score (nSPS) is 14.2. The van der Waals surface area contributed by atoms with Crippen molar-refractivity contribution < 1.29 is 18.7 Å². The number of carbonyl (C=O) groups is 2. The number of aryl methyl sites for hydroxylation is 1. The van der Waals surface area contributed by atoms with Crippen molar-refractivity contribution in [1.82, 2.24) is 15.8 Å². The van der Waals surface area contributed by atoms with Gasteiger partial charge in [-0.2, -0.15) is 0 Å². The van der Waals surface area contributed by atoms with E-state index in [0.717, 1.165) is 5.13 Å².